The van der Waals surface area contributed by atoms with Crippen LogP contribution in [0.25, 0.3) is 0 Å². The summed E-state index contributed by atoms with van der Waals surface area (Å²) in [4.78, 5) is 36.6. The molecule has 0 aromatic carbocycles. The van der Waals surface area contributed by atoms with Crippen LogP contribution in [-0.2, 0) is 20.8 Å². The number of carboxylic acid groups (broad SMARTS) is 1. The van der Waals surface area contributed by atoms with Crippen LogP contribution >= 0.6 is 11.8 Å². The molecule has 2 fully saturated rings. The second kappa shape index (κ2) is 5.53. The molecule has 7 nitrogen and oxygen atoms in total. The van der Waals surface area contributed by atoms with Gasteiger partial charge >= 0.3 is 5.97 Å². The normalized spacial score (nSPS) is 27.1. The van der Waals surface area contributed by atoms with Crippen molar-refractivity contribution in [1.82, 2.24) is 10.2 Å². The van der Waals surface area contributed by atoms with Gasteiger partial charge in [0.1, 0.15) is 17.2 Å². The van der Waals surface area contributed by atoms with E-state index in [9.17, 15) is 19.5 Å². The number of amides is 2. The molecule has 3 atom stereocenters. The molecule has 8 heteroatoms. The summed E-state index contributed by atoms with van der Waals surface area (Å²) >= 11 is 1.41. The minimum Gasteiger partial charge on any atom is -0.479 e. The van der Waals surface area contributed by atoms with Crippen molar-refractivity contribution in [3.63, 3.8) is 0 Å². The van der Waals surface area contributed by atoms with Gasteiger partial charge in [-0.15, -0.1) is 11.8 Å². The van der Waals surface area contributed by atoms with E-state index in [1.165, 1.54) is 22.9 Å². The summed E-state index contributed by atoms with van der Waals surface area (Å²) in [5.74, 6) is -0.850. The number of furan rings is 1. The van der Waals surface area contributed by atoms with Crippen molar-refractivity contribution in [3.8, 4) is 0 Å². The molecule has 0 bridgehead atoms. The molecule has 2 saturated heterocycles. The van der Waals surface area contributed by atoms with Crippen molar-refractivity contribution in [3.05, 3.63) is 36.3 Å². The van der Waals surface area contributed by atoms with Gasteiger partial charge in [-0.2, -0.15) is 0 Å². The second-order valence-corrected chi connectivity index (χ2v) is 6.25. The fourth-order valence-electron chi connectivity index (χ4n) is 2.63. The van der Waals surface area contributed by atoms with E-state index in [0.717, 1.165) is 0 Å². The van der Waals surface area contributed by atoms with E-state index in [4.69, 9.17) is 4.42 Å². The molecule has 2 amide bonds. The Hall–Kier alpha value is -2.22. The molecule has 1 aromatic heterocycles. The van der Waals surface area contributed by atoms with Crippen LogP contribution in [0.3, 0.4) is 0 Å². The van der Waals surface area contributed by atoms with Crippen LogP contribution in [0, 0.1) is 0 Å². The van der Waals surface area contributed by atoms with Gasteiger partial charge in [0.15, 0.2) is 6.04 Å². The number of nitrogens with zero attached hydrogens (tertiary/aromatic N) is 1. The number of thioether (sulfide) groups is 1. The Morgan fingerprint density at radius 1 is 1.55 bits per heavy atom. The smallest absolute Gasteiger partial charge is 0.330 e. The summed E-state index contributed by atoms with van der Waals surface area (Å²) in [6.07, 6.45) is 1.52. The Kier molecular flexibility index (Phi) is 3.69. The number of fused-ring (bicyclic) bond motifs is 1. The number of aliphatic carboxylic acids is 1. The monoisotopic (exact) mass is 322 g/mol. The van der Waals surface area contributed by atoms with Crippen molar-refractivity contribution < 1.29 is 23.9 Å². The van der Waals surface area contributed by atoms with Crippen LogP contribution in [0.2, 0.25) is 0 Å². The first-order chi connectivity index (χ1) is 10.5. The first kappa shape index (κ1) is 14.7. The molecule has 1 aromatic rings. The molecule has 2 aliphatic rings. The quantitative estimate of drug-likeness (QED) is 0.608. The topological polar surface area (TPSA) is 99.9 Å². The summed E-state index contributed by atoms with van der Waals surface area (Å²) < 4.78 is 5.08. The number of rotatable bonds is 4. The average molecular weight is 322 g/mol. The SMILES string of the molecule is C=C1CS[C@@H]2C(NC(=O)Cc3ccco3)C(=O)N2C1C(=O)O. The minimum absolute atomic E-state index is 0.0449. The van der Waals surface area contributed by atoms with Crippen LogP contribution in [0.1, 0.15) is 5.76 Å². The molecule has 0 saturated carbocycles. The van der Waals surface area contributed by atoms with Crippen molar-refractivity contribution in [1.29, 1.82) is 0 Å². The molecule has 116 valence electrons. The number of carboxylic acids is 1. The Bertz CT molecular complexity index is 642. The van der Waals surface area contributed by atoms with E-state index in [0.29, 0.717) is 17.1 Å². The summed E-state index contributed by atoms with van der Waals surface area (Å²) in [6, 6.07) is 1.66. The number of hydrogen-bond acceptors (Lipinski definition) is 5. The van der Waals surface area contributed by atoms with E-state index >= 15 is 0 Å². The Morgan fingerprint density at radius 3 is 2.95 bits per heavy atom. The zero-order valence-electron chi connectivity index (χ0n) is 11.5. The fourth-order valence-corrected chi connectivity index (χ4v) is 3.93. The predicted octanol–water partition coefficient (Wildman–Crippen LogP) is 0.231. The lowest BCUT2D eigenvalue weighted by Crippen LogP contribution is -2.74. The number of carbonyl (C=O) groups excluding carboxylic acids is 2. The number of β-lactam (4-membered cyclic amide) rings is 1. The number of hydrogen-bond donors (Lipinski definition) is 2. The van der Waals surface area contributed by atoms with Gasteiger partial charge in [0.05, 0.1) is 12.7 Å². The lowest BCUT2D eigenvalue weighted by atomic mass is 9.98. The maximum absolute atomic E-state index is 12.2. The lowest BCUT2D eigenvalue weighted by Gasteiger charge is -2.52. The summed E-state index contributed by atoms with van der Waals surface area (Å²) in [7, 11) is 0. The third-order valence-corrected chi connectivity index (χ3v) is 5.03. The van der Waals surface area contributed by atoms with E-state index in [2.05, 4.69) is 11.9 Å². The van der Waals surface area contributed by atoms with Crippen LogP contribution in [0.5, 0.6) is 0 Å². The van der Waals surface area contributed by atoms with Gasteiger partial charge in [-0.3, -0.25) is 9.59 Å². The highest BCUT2D eigenvalue weighted by Crippen LogP contribution is 2.39. The van der Waals surface area contributed by atoms with E-state index in [1.807, 2.05) is 0 Å². The van der Waals surface area contributed by atoms with Gasteiger partial charge < -0.3 is 19.7 Å². The maximum Gasteiger partial charge on any atom is 0.330 e. The largest absolute Gasteiger partial charge is 0.479 e. The highest BCUT2D eigenvalue weighted by atomic mass is 32.2. The Balaban J connectivity index is 1.65. The van der Waals surface area contributed by atoms with Gasteiger partial charge in [0.2, 0.25) is 11.8 Å². The minimum atomic E-state index is -1.09. The van der Waals surface area contributed by atoms with Gasteiger partial charge in [0.25, 0.3) is 0 Å². The number of nitrogens with one attached hydrogen (secondary N) is 1. The molecule has 2 aliphatic heterocycles. The third-order valence-electron chi connectivity index (χ3n) is 3.65. The Morgan fingerprint density at radius 2 is 2.32 bits per heavy atom. The first-order valence-electron chi connectivity index (χ1n) is 6.65. The molecular formula is C14H14N2O5S. The van der Waals surface area contributed by atoms with Crippen molar-refractivity contribution >= 4 is 29.5 Å². The van der Waals surface area contributed by atoms with Crippen molar-refractivity contribution in [2.24, 2.45) is 0 Å². The Labute approximate surface area is 130 Å². The van der Waals surface area contributed by atoms with Gasteiger partial charge in [-0.1, -0.05) is 6.58 Å². The summed E-state index contributed by atoms with van der Waals surface area (Å²) in [6.45, 7) is 3.71. The molecule has 3 rings (SSSR count). The van der Waals surface area contributed by atoms with Crippen molar-refractivity contribution in [2.75, 3.05) is 5.75 Å². The van der Waals surface area contributed by atoms with Gasteiger partial charge in [-0.25, -0.2) is 4.79 Å². The third kappa shape index (κ3) is 2.39. The van der Waals surface area contributed by atoms with E-state index in [-0.39, 0.29) is 17.7 Å². The average Bonchev–Trinajstić information content (AvgIpc) is 2.97. The molecule has 3 heterocycles. The van der Waals surface area contributed by atoms with Crippen LogP contribution in [0.15, 0.2) is 35.0 Å². The molecule has 22 heavy (non-hydrogen) atoms. The van der Waals surface area contributed by atoms with E-state index < -0.39 is 24.0 Å². The standard InChI is InChI=1S/C14H14N2O5S/c1-7-6-22-13-10(12(18)16(13)11(7)14(19)20)15-9(17)5-8-3-2-4-21-8/h2-4,10-11,13H,1,5-6H2,(H,15,17)(H,19,20)/t10?,11?,13-/m1/s1. The van der Waals surface area contributed by atoms with E-state index in [1.54, 1.807) is 12.1 Å². The maximum atomic E-state index is 12.2. The summed E-state index contributed by atoms with van der Waals surface area (Å²) in [5.41, 5.74) is 0.488. The highest BCUT2D eigenvalue weighted by molar-refractivity contribution is 8.00. The first-order valence-corrected chi connectivity index (χ1v) is 7.70. The fraction of sp³-hybridized carbons (Fsp3) is 0.357. The lowest BCUT2D eigenvalue weighted by molar-refractivity contribution is -0.160. The zero-order valence-corrected chi connectivity index (χ0v) is 12.3. The van der Waals surface area contributed by atoms with Crippen molar-refractivity contribution in [2.45, 2.75) is 23.9 Å². The molecule has 2 N–H and O–H groups in total. The zero-order chi connectivity index (χ0) is 15.9. The second-order valence-electron chi connectivity index (χ2n) is 5.15. The molecular weight excluding hydrogens is 308 g/mol. The van der Waals surface area contributed by atoms with Crippen LogP contribution in [0.4, 0.5) is 0 Å². The molecule has 0 aliphatic carbocycles. The highest BCUT2D eigenvalue weighted by Gasteiger charge is 2.56. The predicted molar refractivity (Wildman–Crippen MR) is 78.0 cm³/mol. The molecule has 0 radical (unpaired) electrons. The van der Waals surface area contributed by atoms with Gasteiger partial charge in [-0.05, 0) is 17.7 Å². The molecule has 2 unspecified atom stereocenters. The number of carbonyl (C=O) groups is 3. The summed E-state index contributed by atoms with van der Waals surface area (Å²) in [5, 5.41) is 11.5. The van der Waals surface area contributed by atoms with Gasteiger partial charge in [0, 0.05) is 5.75 Å². The van der Waals surface area contributed by atoms with Crippen LogP contribution in [-0.4, -0.2) is 51.0 Å². The van der Waals surface area contributed by atoms with Crippen LogP contribution < -0.4 is 5.32 Å². The molecule has 0 spiro atoms.